The summed E-state index contributed by atoms with van der Waals surface area (Å²) in [6.07, 6.45) is 21.8. The molecule has 15 nitrogen and oxygen atoms in total. The van der Waals surface area contributed by atoms with E-state index in [4.69, 9.17) is 48.0 Å². The van der Waals surface area contributed by atoms with Crippen molar-refractivity contribution >= 4 is 163 Å². The van der Waals surface area contributed by atoms with Gasteiger partial charge in [0.15, 0.2) is 0 Å². The zero-order chi connectivity index (χ0) is 68.2. The molecule has 1 radical (unpaired) electrons. The van der Waals surface area contributed by atoms with Crippen LogP contribution >= 0.6 is 47.4 Å². The van der Waals surface area contributed by atoms with E-state index in [0.717, 1.165) is 98.4 Å². The maximum absolute atomic E-state index is 14.2. The monoisotopic (exact) mass is 1480 g/mol. The number of benzene rings is 5. The summed E-state index contributed by atoms with van der Waals surface area (Å²) >= 11 is 17.6. The quantitative estimate of drug-likeness (QED) is 0.0426. The van der Waals surface area contributed by atoms with E-state index >= 15 is 0 Å². The second-order valence-electron chi connectivity index (χ2n) is 20.1. The van der Waals surface area contributed by atoms with E-state index in [1.165, 1.54) is 81.5 Å². The Morgan fingerprint density at radius 2 is 0.887 bits per heavy atom. The van der Waals surface area contributed by atoms with Crippen molar-refractivity contribution in [3.63, 3.8) is 0 Å². The Balaban J connectivity index is 0.000000174. The van der Waals surface area contributed by atoms with Gasteiger partial charge in [0.25, 0.3) is 0 Å². The number of halogens is 5. The Morgan fingerprint density at radius 3 is 1.34 bits per heavy atom. The van der Waals surface area contributed by atoms with Gasteiger partial charge in [0.2, 0.25) is 0 Å². The van der Waals surface area contributed by atoms with Crippen molar-refractivity contribution in [2.45, 2.75) is 13.1 Å². The summed E-state index contributed by atoms with van der Waals surface area (Å²) in [4.78, 5) is 47.1. The average molecular weight is 1480 g/mol. The van der Waals surface area contributed by atoms with Gasteiger partial charge in [-0.15, -0.1) is 0 Å². The van der Waals surface area contributed by atoms with Crippen LogP contribution < -0.4 is 67.0 Å². The molecule has 0 aliphatic carbocycles. The van der Waals surface area contributed by atoms with E-state index in [2.05, 4.69) is 95.8 Å². The number of rotatable bonds is 10. The number of aromatic nitrogens is 9. The molecule has 14 rings (SSSR count). The normalized spacial score (nSPS) is 10.3. The van der Waals surface area contributed by atoms with E-state index in [0.29, 0.717) is 33.3 Å². The minimum absolute atomic E-state index is 0. The molecule has 26 heteroatoms. The Kier molecular flexibility index (Phi) is 34.7. The summed E-state index contributed by atoms with van der Waals surface area (Å²) in [5.41, 5.74) is 15.0. The van der Waals surface area contributed by atoms with Gasteiger partial charge in [-0.05, 0) is 151 Å². The molecule has 465 valence electrons. The standard InChI is InChI=1S/C25H16FN3.C19H12ClN3.C10H6BrClN2.C9H8BNO2.C8H9BF.3K.HO4P/c26-23-7-3-2-6-22(23)25-13-17(9-10-28-25)19-12-20(15-27-14-19)21-11-18-5-1-4-8-24(18)29-16-21;20-19-9-13(5-6-22-19)15-8-16(11-21-10-15)17-7-14-3-1-2-4-18(14)23-12-17;11-9-3-8(5-13-6-9)7-1-2-14-10(12)4-7;12-10(13)8-5-7-3-1-2-4-9(7)11-6-8;1-9-6-7-4-2-3-5-8(7)10;;;;1-4-5(2)3/h1-16H;1-12H;1-6H;1-6,12-13H;2-5H,6H2,1H3;;;;1H/q;;;;;;;+1;/p-1. The molecule has 1 atom stereocenters. The maximum atomic E-state index is 14.2. The molecule has 2 N–H and O–H groups in total. The first kappa shape index (κ1) is 79.4. The number of para-hydroxylation sites is 3. The average Bonchev–Trinajstić information content (AvgIpc) is 0.912. The summed E-state index contributed by atoms with van der Waals surface area (Å²) in [6, 6.07) is 60.5. The van der Waals surface area contributed by atoms with Crippen LogP contribution in [0.1, 0.15) is 5.56 Å². The zero-order valence-electron chi connectivity index (χ0n) is 52.7. The summed E-state index contributed by atoms with van der Waals surface area (Å²) in [5.74, 6) is -0.396. The molecule has 5 aromatic carbocycles. The zero-order valence-corrected chi connectivity index (χ0v) is 66.0. The van der Waals surface area contributed by atoms with Gasteiger partial charge < -0.3 is 20.2 Å². The predicted octanol–water partition coefficient (Wildman–Crippen LogP) is 11.3. The fourth-order valence-corrected chi connectivity index (χ4v) is 9.96. The van der Waals surface area contributed by atoms with Crippen LogP contribution in [0.4, 0.5) is 8.78 Å². The molecule has 1 unspecified atom stereocenters. The topological polar surface area (TPSA) is 229 Å². The van der Waals surface area contributed by atoms with E-state index in [9.17, 15) is 8.78 Å². The van der Waals surface area contributed by atoms with Gasteiger partial charge in [0.1, 0.15) is 29.2 Å². The molecular weight excluding hydrogens is 1430 g/mol. The molecule has 0 aliphatic heterocycles. The Morgan fingerprint density at radius 1 is 0.495 bits per heavy atom. The number of hydrogen-bond acceptors (Lipinski definition) is 15. The van der Waals surface area contributed by atoms with E-state index < -0.39 is 15.4 Å². The molecular formula is C71H51B2BrCl2F2K3N9O6P. The third-order valence-corrected chi connectivity index (χ3v) is 14.7. The molecule has 0 saturated carbocycles. The second-order valence-corrected chi connectivity index (χ2v) is 22.4. The summed E-state index contributed by atoms with van der Waals surface area (Å²) in [7, 11) is -2.66. The number of fused-ring (bicyclic) bond motifs is 3. The van der Waals surface area contributed by atoms with Gasteiger partial charge >= 0.3 is 130 Å². The van der Waals surface area contributed by atoms with Gasteiger partial charge in [-0.2, -0.15) is 0 Å². The molecule has 9 aromatic heterocycles. The molecule has 0 fully saturated rings. The summed E-state index contributed by atoms with van der Waals surface area (Å²) in [6.45, 7) is 1.92. The van der Waals surface area contributed by atoms with Crippen molar-refractivity contribution in [2.24, 2.45) is 0 Å². The van der Waals surface area contributed by atoms with Crippen LogP contribution in [0.15, 0.2) is 273 Å². The molecule has 0 aliphatic rings. The first-order valence-corrected chi connectivity index (χ1v) is 48.2. The second kappa shape index (κ2) is 42.4. The van der Waals surface area contributed by atoms with Gasteiger partial charge in [-0.25, -0.2) is 23.4 Å². The van der Waals surface area contributed by atoms with Crippen molar-refractivity contribution in [1.82, 2.24) is 44.9 Å². The van der Waals surface area contributed by atoms with Crippen molar-refractivity contribution in [3.8, 4) is 66.9 Å². The Bertz CT molecular complexity index is 4850. The van der Waals surface area contributed by atoms with Crippen molar-refractivity contribution in [3.05, 3.63) is 300 Å². The van der Waals surface area contributed by atoms with Crippen LogP contribution in [0, 0.1) is 11.6 Å². The molecule has 0 bridgehead atoms. The molecule has 9 heterocycles. The van der Waals surface area contributed by atoms with Crippen molar-refractivity contribution in [1.29, 1.82) is 0 Å². The Hall–Kier alpha value is -4.91. The number of hydrogen-bond donors (Lipinski definition) is 2. The Labute approximate surface area is 667 Å². The van der Waals surface area contributed by atoms with Crippen molar-refractivity contribution in [2.75, 3.05) is 0 Å². The van der Waals surface area contributed by atoms with Crippen LogP contribution in [0.5, 0.6) is 0 Å². The fourth-order valence-electron chi connectivity index (χ4n) is 9.24. The molecule has 0 saturated heterocycles. The first-order valence-electron chi connectivity index (χ1n) is 29.5. The third kappa shape index (κ3) is 25.0. The van der Waals surface area contributed by atoms with Gasteiger partial charge in [-0.3, -0.25) is 34.9 Å². The fraction of sp³-hybridized carbons (Fsp3) is 0.0282. The van der Waals surface area contributed by atoms with Gasteiger partial charge in [-0.1, -0.05) is 127 Å². The van der Waals surface area contributed by atoms with E-state index in [-0.39, 0.29) is 63.0 Å². The third-order valence-electron chi connectivity index (χ3n) is 13.7. The van der Waals surface area contributed by atoms with Gasteiger partial charge in [0.05, 0.1) is 22.2 Å². The van der Waals surface area contributed by atoms with Gasteiger partial charge in [0, 0.05) is 140 Å². The van der Waals surface area contributed by atoms with E-state index in [1.54, 1.807) is 67.5 Å². The summed E-state index contributed by atoms with van der Waals surface area (Å²) in [5, 5.41) is 30.4. The van der Waals surface area contributed by atoms with Crippen LogP contribution in [-0.4, -0.2) is 132 Å². The number of pyridine rings is 9. The van der Waals surface area contributed by atoms with Crippen LogP contribution in [0.3, 0.4) is 0 Å². The van der Waals surface area contributed by atoms with Crippen LogP contribution in [-0.2, 0) is 15.6 Å². The predicted molar refractivity (Wildman–Crippen MR) is 380 cm³/mol. The SMILES string of the molecule is C[B]Cc1ccccc1F.Clc1cc(-c2cncc(-c3cnc4ccccc4c3)c2)ccn1.Clc1cc(-c2cncc(Br)c2)ccn1.Fc1ccccc1-c1cc(-c2cncc(-c3cnc4ccccc4c3)c2)ccn1.O=[P+]([O-])O[O-].OB(O)c1cnc2ccccc2c1.[K+].[K][K]. The van der Waals surface area contributed by atoms with Crippen LogP contribution in [0.2, 0.25) is 17.1 Å². The minimum atomic E-state index is -3.15. The summed E-state index contributed by atoms with van der Waals surface area (Å²) < 4.78 is 39.2. The van der Waals surface area contributed by atoms with Crippen LogP contribution in [0.25, 0.3) is 99.6 Å². The van der Waals surface area contributed by atoms with Crippen molar-refractivity contribution < 1.29 is 89.6 Å². The number of nitrogens with zero attached hydrogens (tertiary/aromatic N) is 9. The molecule has 14 aromatic rings. The van der Waals surface area contributed by atoms with E-state index in [1.807, 2.05) is 166 Å². The molecule has 0 spiro atoms. The first-order chi connectivity index (χ1) is 46.7. The molecule has 0 amide bonds. The molecule has 97 heavy (non-hydrogen) atoms.